The van der Waals surface area contributed by atoms with Gasteiger partial charge in [-0.15, -0.1) is 0 Å². The first-order valence-corrected chi connectivity index (χ1v) is 9.15. The quantitative estimate of drug-likeness (QED) is 0.894. The van der Waals surface area contributed by atoms with Crippen LogP contribution in [0.25, 0.3) is 0 Å². The SMILES string of the molecule is Cc1nc(C2CCNCC2)cc(N(C)Cc2cc(C(C)(C)C)n[nH]2)n1. The Kier molecular flexibility index (Phi) is 5.08. The topological polar surface area (TPSA) is 69.7 Å². The number of rotatable bonds is 4. The highest BCUT2D eigenvalue weighted by Crippen LogP contribution is 2.26. The normalized spacial score (nSPS) is 16.2. The largest absolute Gasteiger partial charge is 0.354 e. The number of hydrogen-bond acceptors (Lipinski definition) is 5. The Bertz CT molecular complexity index is 709. The van der Waals surface area contributed by atoms with Crippen molar-refractivity contribution >= 4 is 5.82 Å². The van der Waals surface area contributed by atoms with Gasteiger partial charge >= 0.3 is 0 Å². The highest BCUT2D eigenvalue weighted by molar-refractivity contribution is 5.40. The second-order valence-electron chi connectivity index (χ2n) is 8.11. The van der Waals surface area contributed by atoms with Crippen molar-refractivity contribution < 1.29 is 0 Å². The summed E-state index contributed by atoms with van der Waals surface area (Å²) in [5, 5.41) is 11.0. The lowest BCUT2D eigenvalue weighted by molar-refractivity contribution is 0.452. The number of aromatic nitrogens is 4. The first kappa shape index (κ1) is 17.9. The van der Waals surface area contributed by atoms with Crippen molar-refractivity contribution in [3.63, 3.8) is 0 Å². The van der Waals surface area contributed by atoms with Crippen LogP contribution in [0.3, 0.4) is 0 Å². The van der Waals surface area contributed by atoms with E-state index in [1.165, 1.54) is 5.69 Å². The molecule has 2 aromatic heterocycles. The van der Waals surface area contributed by atoms with Crippen molar-refractivity contribution in [3.8, 4) is 0 Å². The molecule has 1 aliphatic rings. The van der Waals surface area contributed by atoms with Gasteiger partial charge in [0.25, 0.3) is 0 Å². The van der Waals surface area contributed by atoms with Gasteiger partial charge in [0.15, 0.2) is 0 Å². The zero-order valence-corrected chi connectivity index (χ0v) is 16.1. The van der Waals surface area contributed by atoms with Gasteiger partial charge in [0.2, 0.25) is 0 Å². The third-order valence-electron chi connectivity index (χ3n) is 4.80. The molecule has 0 bridgehead atoms. The van der Waals surface area contributed by atoms with Crippen LogP contribution in [-0.4, -0.2) is 40.3 Å². The molecular formula is C19H30N6. The van der Waals surface area contributed by atoms with E-state index in [1.807, 2.05) is 6.92 Å². The molecule has 2 aromatic rings. The number of nitrogens with one attached hydrogen (secondary N) is 2. The van der Waals surface area contributed by atoms with Crippen LogP contribution in [0.15, 0.2) is 12.1 Å². The Hall–Kier alpha value is -1.95. The fourth-order valence-electron chi connectivity index (χ4n) is 3.26. The van der Waals surface area contributed by atoms with Crippen LogP contribution in [0, 0.1) is 6.92 Å². The van der Waals surface area contributed by atoms with Gasteiger partial charge in [0.1, 0.15) is 11.6 Å². The first-order valence-electron chi connectivity index (χ1n) is 9.15. The third-order valence-corrected chi connectivity index (χ3v) is 4.80. The summed E-state index contributed by atoms with van der Waals surface area (Å²) in [7, 11) is 2.07. The Morgan fingerprint density at radius 2 is 1.88 bits per heavy atom. The number of aryl methyl sites for hydroxylation is 1. The van der Waals surface area contributed by atoms with Crippen molar-refractivity contribution in [2.75, 3.05) is 25.0 Å². The second-order valence-corrected chi connectivity index (χ2v) is 8.11. The average Bonchev–Trinajstić information content (AvgIpc) is 3.04. The monoisotopic (exact) mass is 342 g/mol. The average molecular weight is 342 g/mol. The molecule has 0 radical (unpaired) electrons. The molecule has 136 valence electrons. The fraction of sp³-hybridized carbons (Fsp3) is 0.632. The molecule has 0 atom stereocenters. The highest BCUT2D eigenvalue weighted by Gasteiger charge is 2.20. The number of aromatic amines is 1. The van der Waals surface area contributed by atoms with Gasteiger partial charge in [-0.25, -0.2) is 9.97 Å². The maximum Gasteiger partial charge on any atom is 0.132 e. The summed E-state index contributed by atoms with van der Waals surface area (Å²) in [4.78, 5) is 11.5. The zero-order valence-electron chi connectivity index (χ0n) is 16.1. The molecule has 2 N–H and O–H groups in total. The molecule has 0 amide bonds. The molecule has 25 heavy (non-hydrogen) atoms. The van der Waals surface area contributed by atoms with Gasteiger partial charge in [-0.3, -0.25) is 5.10 Å². The molecule has 0 saturated carbocycles. The van der Waals surface area contributed by atoms with Crippen LogP contribution in [0.2, 0.25) is 0 Å². The molecule has 6 heteroatoms. The standard InChI is InChI=1S/C19H30N6/c1-13-21-16(14-6-8-20-9-7-14)11-18(22-13)25(5)12-15-10-17(24-23-15)19(2,3)4/h10-11,14,20H,6-9,12H2,1-5H3,(H,23,24). The minimum Gasteiger partial charge on any atom is -0.354 e. The van der Waals surface area contributed by atoms with Crippen LogP contribution in [-0.2, 0) is 12.0 Å². The van der Waals surface area contributed by atoms with Crippen molar-refractivity contribution in [1.29, 1.82) is 0 Å². The second kappa shape index (κ2) is 7.12. The summed E-state index contributed by atoms with van der Waals surface area (Å²) >= 11 is 0. The van der Waals surface area contributed by atoms with E-state index in [2.05, 4.69) is 65.3 Å². The summed E-state index contributed by atoms with van der Waals surface area (Å²) in [6, 6.07) is 4.31. The van der Waals surface area contributed by atoms with Gasteiger partial charge in [0, 0.05) is 30.1 Å². The van der Waals surface area contributed by atoms with Crippen molar-refractivity contribution in [2.24, 2.45) is 0 Å². The van der Waals surface area contributed by atoms with Crippen molar-refractivity contribution in [3.05, 3.63) is 35.0 Å². The number of anilines is 1. The van der Waals surface area contributed by atoms with E-state index >= 15 is 0 Å². The molecule has 6 nitrogen and oxygen atoms in total. The number of piperidine rings is 1. The third kappa shape index (κ3) is 4.37. The van der Waals surface area contributed by atoms with Crippen molar-refractivity contribution in [2.45, 2.75) is 58.4 Å². The smallest absolute Gasteiger partial charge is 0.132 e. The van der Waals surface area contributed by atoms with E-state index in [-0.39, 0.29) is 5.41 Å². The van der Waals surface area contributed by atoms with Gasteiger partial charge in [-0.05, 0) is 38.9 Å². The van der Waals surface area contributed by atoms with E-state index in [1.54, 1.807) is 0 Å². The molecule has 0 aliphatic carbocycles. The molecule has 1 saturated heterocycles. The van der Waals surface area contributed by atoms with Gasteiger partial charge in [-0.1, -0.05) is 20.8 Å². The first-order chi connectivity index (χ1) is 11.8. The Morgan fingerprint density at radius 3 is 2.52 bits per heavy atom. The van der Waals surface area contributed by atoms with E-state index in [4.69, 9.17) is 4.98 Å². The van der Waals surface area contributed by atoms with Crippen LogP contribution >= 0.6 is 0 Å². The summed E-state index contributed by atoms with van der Waals surface area (Å²) < 4.78 is 0. The number of hydrogen-bond donors (Lipinski definition) is 2. The summed E-state index contributed by atoms with van der Waals surface area (Å²) in [5.74, 6) is 2.36. The fourth-order valence-corrected chi connectivity index (χ4v) is 3.26. The van der Waals surface area contributed by atoms with Gasteiger partial charge in [-0.2, -0.15) is 5.10 Å². The van der Waals surface area contributed by atoms with E-state index < -0.39 is 0 Å². The van der Waals surface area contributed by atoms with Crippen LogP contribution < -0.4 is 10.2 Å². The zero-order chi connectivity index (χ0) is 18.0. The Morgan fingerprint density at radius 1 is 1.16 bits per heavy atom. The lowest BCUT2D eigenvalue weighted by Gasteiger charge is -2.24. The maximum absolute atomic E-state index is 4.70. The predicted molar refractivity (Wildman–Crippen MR) is 101 cm³/mol. The molecule has 1 fully saturated rings. The maximum atomic E-state index is 4.70. The minimum absolute atomic E-state index is 0.0566. The minimum atomic E-state index is 0.0566. The van der Waals surface area contributed by atoms with Gasteiger partial charge in [0.05, 0.1) is 17.9 Å². The molecular weight excluding hydrogens is 312 g/mol. The van der Waals surface area contributed by atoms with E-state index in [0.29, 0.717) is 5.92 Å². The molecule has 0 unspecified atom stereocenters. The van der Waals surface area contributed by atoms with E-state index in [9.17, 15) is 0 Å². The van der Waals surface area contributed by atoms with Crippen molar-refractivity contribution in [1.82, 2.24) is 25.5 Å². The predicted octanol–water partition coefficient (Wildman–Crippen LogP) is 2.91. The molecule has 0 aromatic carbocycles. The molecule has 1 aliphatic heterocycles. The summed E-state index contributed by atoms with van der Waals surface area (Å²) in [6.45, 7) is 11.4. The van der Waals surface area contributed by atoms with E-state index in [0.717, 1.165) is 55.5 Å². The number of H-pyrrole nitrogens is 1. The molecule has 3 rings (SSSR count). The summed E-state index contributed by atoms with van der Waals surface area (Å²) in [6.07, 6.45) is 2.30. The summed E-state index contributed by atoms with van der Waals surface area (Å²) in [5.41, 5.74) is 3.43. The van der Waals surface area contributed by atoms with Crippen LogP contribution in [0.5, 0.6) is 0 Å². The lowest BCUT2D eigenvalue weighted by atomic mass is 9.92. The Labute approximate surface area is 150 Å². The van der Waals surface area contributed by atoms with Crippen LogP contribution in [0.4, 0.5) is 5.82 Å². The Balaban J connectivity index is 1.76. The molecule has 0 spiro atoms. The molecule has 3 heterocycles. The highest BCUT2D eigenvalue weighted by atomic mass is 15.2. The van der Waals surface area contributed by atoms with Gasteiger partial charge < -0.3 is 10.2 Å². The number of nitrogens with zero attached hydrogens (tertiary/aromatic N) is 4. The van der Waals surface area contributed by atoms with Crippen LogP contribution in [0.1, 0.15) is 62.4 Å². The lowest BCUT2D eigenvalue weighted by Crippen LogP contribution is -2.27.